The molecule has 4 fully saturated rings. The Morgan fingerprint density at radius 2 is 1.98 bits per heavy atom. The van der Waals surface area contributed by atoms with Gasteiger partial charge in [0.1, 0.15) is 34.8 Å². The van der Waals surface area contributed by atoms with Crippen molar-refractivity contribution in [3.05, 3.63) is 40.4 Å². The largest absolute Gasteiger partial charge is 0.461 e. The number of ether oxygens (including phenoxy) is 1. The third-order valence-corrected chi connectivity index (χ3v) is 12.3. The zero-order valence-corrected chi connectivity index (χ0v) is 27.5. The van der Waals surface area contributed by atoms with E-state index in [4.69, 9.17) is 27.1 Å². The predicted octanol–water partition coefficient (Wildman–Crippen LogP) is 5.70. The van der Waals surface area contributed by atoms with Gasteiger partial charge in [0.25, 0.3) is 0 Å². The molecule has 1 atom stereocenters. The lowest BCUT2D eigenvalue weighted by Crippen LogP contribution is -2.58. The fourth-order valence-electron chi connectivity index (χ4n) is 8.55. The lowest BCUT2D eigenvalue weighted by Gasteiger charge is -2.45. The van der Waals surface area contributed by atoms with Crippen molar-refractivity contribution in [1.82, 2.24) is 20.2 Å². The van der Waals surface area contributed by atoms with Gasteiger partial charge in [0.05, 0.1) is 20.8 Å². The maximum Gasteiger partial charge on any atom is 0.319 e. The molecule has 1 unspecified atom stereocenters. The van der Waals surface area contributed by atoms with Gasteiger partial charge in [-0.2, -0.15) is 15.2 Å². The van der Waals surface area contributed by atoms with Gasteiger partial charge >= 0.3 is 6.01 Å². The normalized spacial score (nSPS) is 22.0. The minimum absolute atomic E-state index is 0.0151. The predicted molar refractivity (Wildman–Crippen MR) is 180 cm³/mol. The molecule has 2 aromatic heterocycles. The number of fused-ring (bicyclic) bond motifs is 3. The van der Waals surface area contributed by atoms with Gasteiger partial charge < -0.3 is 25.8 Å². The van der Waals surface area contributed by atoms with Crippen LogP contribution in [-0.4, -0.2) is 78.0 Å². The number of hydrogen-bond donors (Lipinski definition) is 3. The molecule has 13 heteroatoms. The molecule has 0 aliphatic carbocycles. The summed E-state index contributed by atoms with van der Waals surface area (Å²) in [5, 5.41) is 24.3. The lowest BCUT2D eigenvalue weighted by atomic mass is 9.74. The third kappa shape index (κ3) is 5.01. The van der Waals surface area contributed by atoms with Crippen LogP contribution in [0.4, 0.5) is 19.6 Å². The average Bonchev–Trinajstić information content (AvgIpc) is 3.68. The molecule has 246 valence electrons. The molecule has 4 aliphatic rings. The summed E-state index contributed by atoms with van der Waals surface area (Å²) in [6, 6.07) is 6.50. The summed E-state index contributed by atoms with van der Waals surface area (Å²) in [7, 11) is 0. The number of aliphatic hydroxyl groups excluding tert-OH is 1. The van der Waals surface area contributed by atoms with Crippen LogP contribution in [0.15, 0.2) is 18.2 Å². The van der Waals surface area contributed by atoms with Crippen LogP contribution in [0.25, 0.3) is 32.1 Å². The van der Waals surface area contributed by atoms with Crippen LogP contribution in [0.5, 0.6) is 6.01 Å². The Morgan fingerprint density at radius 3 is 2.68 bits per heavy atom. The van der Waals surface area contributed by atoms with E-state index in [1.54, 1.807) is 6.07 Å². The lowest BCUT2D eigenvalue weighted by molar-refractivity contribution is 0.107. The SMILES string of the molecule is N#Cc1c(N)sc2c(F)ccc(-c3c(Cl)cc4c(N5CCC(CO)CC6(CNC6)C5)nc(OCC56CCCN5CCC6)nc4c3F)c12. The molecule has 4 aromatic rings. The zero-order valence-electron chi connectivity index (χ0n) is 25.9. The Kier molecular flexibility index (Phi) is 7.69. The number of nitrogens with one attached hydrogen (secondary N) is 1. The fourth-order valence-corrected chi connectivity index (χ4v) is 9.80. The summed E-state index contributed by atoms with van der Waals surface area (Å²) in [4.78, 5) is 14.3. The summed E-state index contributed by atoms with van der Waals surface area (Å²) in [5.41, 5.74) is 6.41. The molecule has 4 aliphatic heterocycles. The highest BCUT2D eigenvalue weighted by Gasteiger charge is 2.46. The molecule has 47 heavy (non-hydrogen) atoms. The van der Waals surface area contributed by atoms with E-state index in [1.165, 1.54) is 12.1 Å². The van der Waals surface area contributed by atoms with E-state index in [0.717, 1.165) is 76.0 Å². The second kappa shape index (κ2) is 11.7. The maximum atomic E-state index is 17.1. The number of nitriles is 1. The fraction of sp³-hybridized carbons (Fsp3) is 0.500. The van der Waals surface area contributed by atoms with Gasteiger partial charge in [0, 0.05) is 54.5 Å². The first-order chi connectivity index (χ1) is 22.7. The summed E-state index contributed by atoms with van der Waals surface area (Å²) < 4.78 is 38.6. The smallest absolute Gasteiger partial charge is 0.319 e. The van der Waals surface area contributed by atoms with Crippen molar-refractivity contribution in [1.29, 1.82) is 5.26 Å². The number of aromatic nitrogens is 2. The van der Waals surface area contributed by atoms with Crippen molar-refractivity contribution in [2.75, 3.05) is 63.1 Å². The van der Waals surface area contributed by atoms with E-state index >= 15 is 4.39 Å². The number of rotatable bonds is 6. The minimum Gasteiger partial charge on any atom is -0.461 e. The molecule has 6 heterocycles. The molecular formula is C34H36ClF2N7O2S. The van der Waals surface area contributed by atoms with E-state index in [-0.39, 0.29) is 71.8 Å². The molecule has 4 saturated heterocycles. The van der Waals surface area contributed by atoms with E-state index in [0.29, 0.717) is 30.9 Å². The highest BCUT2D eigenvalue weighted by Crippen LogP contribution is 2.47. The summed E-state index contributed by atoms with van der Waals surface area (Å²) in [5.74, 6) is -0.558. The molecule has 8 rings (SSSR count). The molecule has 0 radical (unpaired) electrons. The quantitative estimate of drug-likeness (QED) is 0.235. The number of nitrogens with zero attached hydrogens (tertiary/aromatic N) is 5. The Bertz CT molecular complexity index is 1930. The first-order valence-corrected chi connectivity index (χ1v) is 17.5. The summed E-state index contributed by atoms with van der Waals surface area (Å²) in [6.45, 7) is 5.58. The van der Waals surface area contributed by atoms with Gasteiger partial charge in [0.15, 0.2) is 5.82 Å². The van der Waals surface area contributed by atoms with Crippen molar-refractivity contribution in [3.63, 3.8) is 0 Å². The molecule has 0 amide bonds. The highest BCUT2D eigenvalue weighted by atomic mass is 35.5. The third-order valence-electron chi connectivity index (χ3n) is 10.9. The van der Waals surface area contributed by atoms with E-state index < -0.39 is 11.6 Å². The van der Waals surface area contributed by atoms with Gasteiger partial charge in [-0.05, 0) is 75.2 Å². The Hall–Kier alpha value is -3.34. The number of anilines is 2. The first kappa shape index (κ1) is 31.0. The van der Waals surface area contributed by atoms with Gasteiger partial charge in [0.2, 0.25) is 0 Å². The van der Waals surface area contributed by atoms with Crippen molar-refractivity contribution in [2.45, 2.75) is 44.1 Å². The number of halogens is 3. The highest BCUT2D eigenvalue weighted by molar-refractivity contribution is 7.23. The van der Waals surface area contributed by atoms with E-state index in [9.17, 15) is 14.8 Å². The van der Waals surface area contributed by atoms with E-state index in [1.807, 2.05) is 0 Å². The van der Waals surface area contributed by atoms with Crippen LogP contribution in [0.2, 0.25) is 5.02 Å². The van der Waals surface area contributed by atoms with Gasteiger partial charge in [-0.25, -0.2) is 8.78 Å². The molecule has 4 N–H and O–H groups in total. The number of nitrogen functional groups attached to an aromatic ring is 1. The average molecular weight is 680 g/mol. The Morgan fingerprint density at radius 1 is 1.19 bits per heavy atom. The van der Waals surface area contributed by atoms with Crippen LogP contribution < -0.4 is 20.7 Å². The van der Waals surface area contributed by atoms with Crippen LogP contribution in [0.1, 0.15) is 44.1 Å². The second-order valence-corrected chi connectivity index (χ2v) is 15.3. The number of nitrogens with two attached hydrogens (primary N) is 1. The molecule has 2 aromatic carbocycles. The zero-order chi connectivity index (χ0) is 32.5. The molecule has 1 spiro atoms. The molecule has 0 saturated carbocycles. The van der Waals surface area contributed by atoms with Gasteiger partial charge in [-0.3, -0.25) is 4.90 Å². The number of hydrogen-bond acceptors (Lipinski definition) is 10. The van der Waals surface area contributed by atoms with Crippen molar-refractivity contribution < 1.29 is 18.6 Å². The van der Waals surface area contributed by atoms with Crippen molar-refractivity contribution >= 4 is 54.7 Å². The number of benzene rings is 2. The summed E-state index contributed by atoms with van der Waals surface area (Å²) >= 11 is 7.87. The Labute approximate surface area is 280 Å². The van der Waals surface area contributed by atoms with Crippen LogP contribution in [-0.2, 0) is 0 Å². The van der Waals surface area contributed by atoms with Crippen molar-refractivity contribution in [2.24, 2.45) is 11.3 Å². The van der Waals surface area contributed by atoms with E-state index in [2.05, 4.69) is 26.2 Å². The maximum absolute atomic E-state index is 17.1. The Balaban J connectivity index is 1.29. The number of thiophene rings is 1. The minimum atomic E-state index is -0.702. The summed E-state index contributed by atoms with van der Waals surface area (Å²) in [6.07, 6.45) is 5.96. The van der Waals surface area contributed by atoms with Gasteiger partial charge in [-0.15, -0.1) is 11.3 Å². The van der Waals surface area contributed by atoms with Crippen LogP contribution >= 0.6 is 22.9 Å². The topological polar surface area (TPSA) is 124 Å². The molecule has 0 bridgehead atoms. The van der Waals surface area contributed by atoms with Gasteiger partial charge in [-0.1, -0.05) is 17.7 Å². The van der Waals surface area contributed by atoms with Crippen LogP contribution in [0.3, 0.4) is 0 Å². The monoisotopic (exact) mass is 679 g/mol. The van der Waals surface area contributed by atoms with Crippen LogP contribution in [0, 0.1) is 34.3 Å². The standard InChI is InChI=1S/C34H36ClF2N7O2S/c35-23-11-21-28(27(37)26(23)20-3-4-24(36)29-25(20)22(13-38)30(39)47-29)41-32(46-18-34-6-1-8-44(34)9-2-7-34)42-31(21)43-10-5-19(14-45)12-33(17-43)15-40-16-33/h3-4,11,19,40,45H,1-2,5-10,12,14-18,39H2. The molecule has 9 nitrogen and oxygen atoms in total. The second-order valence-electron chi connectivity index (χ2n) is 13.8. The molecular weight excluding hydrogens is 644 g/mol. The number of aliphatic hydroxyl groups is 1. The van der Waals surface area contributed by atoms with Crippen molar-refractivity contribution in [3.8, 4) is 23.2 Å². The first-order valence-electron chi connectivity index (χ1n) is 16.3.